The number of cyclic esters (lactones) is 1. The van der Waals surface area contributed by atoms with Crippen molar-refractivity contribution in [3.8, 4) is 0 Å². The number of hydrogen-bond acceptors (Lipinski definition) is 3. The molecule has 0 spiro atoms. The molecule has 3 heteroatoms. The van der Waals surface area contributed by atoms with Gasteiger partial charge in [-0.25, -0.2) is 0 Å². The summed E-state index contributed by atoms with van der Waals surface area (Å²) >= 11 is 0. The Bertz CT molecular complexity index is 186. The molecule has 1 heterocycles. The van der Waals surface area contributed by atoms with Gasteiger partial charge in [0.25, 0.3) is 0 Å². The molecule has 0 saturated carbocycles. The first kappa shape index (κ1) is 9.23. The summed E-state index contributed by atoms with van der Waals surface area (Å²) in [6.07, 6.45) is 3.57. The lowest BCUT2D eigenvalue weighted by Gasteiger charge is -2.21. The number of carbonyl (C=O) groups excluding carboxylic acids is 2. The minimum Gasteiger partial charge on any atom is -0.462 e. The SMILES string of the molecule is CC(=O)CCC1CCCC(=O)O1. The quantitative estimate of drug-likeness (QED) is 0.602. The molecule has 0 bridgehead atoms. The monoisotopic (exact) mass is 170 g/mol. The number of ketones is 1. The highest BCUT2D eigenvalue weighted by Gasteiger charge is 2.19. The first-order chi connectivity index (χ1) is 5.68. The topological polar surface area (TPSA) is 43.4 Å². The highest BCUT2D eigenvalue weighted by atomic mass is 16.5. The van der Waals surface area contributed by atoms with Crippen LogP contribution in [0.1, 0.15) is 39.0 Å². The predicted octanol–water partition coefficient (Wildman–Crippen LogP) is 1.45. The molecule has 1 saturated heterocycles. The molecule has 0 N–H and O–H groups in total. The first-order valence-electron chi connectivity index (χ1n) is 4.37. The van der Waals surface area contributed by atoms with Crippen LogP contribution in [0.25, 0.3) is 0 Å². The molecule has 1 atom stereocenters. The van der Waals surface area contributed by atoms with E-state index < -0.39 is 0 Å². The maximum absolute atomic E-state index is 10.8. The lowest BCUT2D eigenvalue weighted by molar-refractivity contribution is -0.154. The maximum Gasteiger partial charge on any atom is 0.306 e. The van der Waals surface area contributed by atoms with Crippen molar-refractivity contribution < 1.29 is 14.3 Å². The van der Waals surface area contributed by atoms with Crippen LogP contribution in [-0.4, -0.2) is 17.9 Å². The molecule has 3 nitrogen and oxygen atoms in total. The van der Waals surface area contributed by atoms with Gasteiger partial charge in [-0.15, -0.1) is 0 Å². The third kappa shape index (κ3) is 3.03. The summed E-state index contributed by atoms with van der Waals surface area (Å²) in [6, 6.07) is 0. The van der Waals surface area contributed by atoms with Crippen LogP contribution in [0.15, 0.2) is 0 Å². The zero-order valence-corrected chi connectivity index (χ0v) is 7.34. The second kappa shape index (κ2) is 4.24. The zero-order valence-electron chi connectivity index (χ0n) is 7.34. The summed E-state index contributed by atoms with van der Waals surface area (Å²) < 4.78 is 5.05. The van der Waals surface area contributed by atoms with E-state index in [1.54, 1.807) is 6.92 Å². The highest BCUT2D eigenvalue weighted by Crippen LogP contribution is 2.17. The van der Waals surface area contributed by atoms with Crippen molar-refractivity contribution in [1.82, 2.24) is 0 Å². The molecule has 0 aromatic carbocycles. The van der Waals surface area contributed by atoms with Crippen molar-refractivity contribution in [2.24, 2.45) is 0 Å². The van der Waals surface area contributed by atoms with E-state index in [0.717, 1.165) is 12.8 Å². The second-order valence-electron chi connectivity index (χ2n) is 3.24. The van der Waals surface area contributed by atoms with E-state index in [9.17, 15) is 9.59 Å². The summed E-state index contributed by atoms with van der Waals surface area (Å²) in [7, 11) is 0. The minimum atomic E-state index is -0.116. The normalized spacial score (nSPS) is 23.4. The Kier molecular flexibility index (Phi) is 3.26. The van der Waals surface area contributed by atoms with Crippen LogP contribution >= 0.6 is 0 Å². The predicted molar refractivity (Wildman–Crippen MR) is 43.6 cm³/mol. The van der Waals surface area contributed by atoms with E-state index in [1.165, 1.54) is 0 Å². The lowest BCUT2D eigenvalue weighted by Crippen LogP contribution is -2.23. The molecule has 1 aliphatic heterocycles. The molecular formula is C9H14O3. The van der Waals surface area contributed by atoms with Gasteiger partial charge in [0.05, 0.1) is 0 Å². The molecule has 1 fully saturated rings. The van der Waals surface area contributed by atoms with Crippen LogP contribution in [-0.2, 0) is 14.3 Å². The zero-order chi connectivity index (χ0) is 8.97. The van der Waals surface area contributed by atoms with Gasteiger partial charge in [0, 0.05) is 12.8 Å². The minimum absolute atomic E-state index is 0.00449. The van der Waals surface area contributed by atoms with Gasteiger partial charge in [0.15, 0.2) is 0 Å². The van der Waals surface area contributed by atoms with Crippen LogP contribution < -0.4 is 0 Å². The van der Waals surface area contributed by atoms with Crippen LogP contribution in [0.4, 0.5) is 0 Å². The Morgan fingerprint density at radius 2 is 2.42 bits per heavy atom. The standard InChI is InChI=1S/C9H14O3/c1-7(10)5-6-8-3-2-4-9(11)12-8/h8H,2-6H2,1H3. The van der Waals surface area contributed by atoms with Crippen LogP contribution in [0.5, 0.6) is 0 Å². The van der Waals surface area contributed by atoms with Gasteiger partial charge >= 0.3 is 5.97 Å². The molecule has 0 aromatic rings. The molecule has 0 amide bonds. The lowest BCUT2D eigenvalue weighted by atomic mass is 10.0. The molecule has 1 unspecified atom stereocenters. The Morgan fingerprint density at radius 3 is 3.00 bits per heavy atom. The molecular weight excluding hydrogens is 156 g/mol. The van der Waals surface area contributed by atoms with E-state index in [4.69, 9.17) is 4.74 Å². The summed E-state index contributed by atoms with van der Waals surface area (Å²) in [4.78, 5) is 21.4. The van der Waals surface area contributed by atoms with E-state index in [0.29, 0.717) is 19.3 Å². The molecule has 0 aromatic heterocycles. The van der Waals surface area contributed by atoms with Crippen molar-refractivity contribution in [3.05, 3.63) is 0 Å². The van der Waals surface area contributed by atoms with Crippen LogP contribution in [0.2, 0.25) is 0 Å². The summed E-state index contributed by atoms with van der Waals surface area (Å²) in [5, 5.41) is 0. The van der Waals surface area contributed by atoms with E-state index >= 15 is 0 Å². The highest BCUT2D eigenvalue weighted by molar-refractivity contribution is 5.75. The number of esters is 1. The molecule has 12 heavy (non-hydrogen) atoms. The fourth-order valence-corrected chi connectivity index (χ4v) is 1.35. The second-order valence-corrected chi connectivity index (χ2v) is 3.24. The van der Waals surface area contributed by atoms with Crippen LogP contribution in [0, 0.1) is 0 Å². The Balaban J connectivity index is 2.23. The fraction of sp³-hybridized carbons (Fsp3) is 0.778. The molecule has 1 aliphatic rings. The largest absolute Gasteiger partial charge is 0.462 e. The molecule has 0 radical (unpaired) electrons. The van der Waals surface area contributed by atoms with Crippen molar-refractivity contribution in [3.63, 3.8) is 0 Å². The van der Waals surface area contributed by atoms with Gasteiger partial charge in [0.2, 0.25) is 0 Å². The average Bonchev–Trinajstić information content (AvgIpc) is 2.01. The Hall–Kier alpha value is -0.860. The number of rotatable bonds is 3. The van der Waals surface area contributed by atoms with Crippen molar-refractivity contribution >= 4 is 11.8 Å². The average molecular weight is 170 g/mol. The van der Waals surface area contributed by atoms with E-state index in [1.807, 2.05) is 0 Å². The van der Waals surface area contributed by atoms with Gasteiger partial charge in [-0.2, -0.15) is 0 Å². The van der Waals surface area contributed by atoms with Crippen molar-refractivity contribution in [2.45, 2.75) is 45.1 Å². The Morgan fingerprint density at radius 1 is 1.67 bits per heavy atom. The number of ether oxygens (including phenoxy) is 1. The first-order valence-corrected chi connectivity index (χ1v) is 4.37. The number of carbonyl (C=O) groups is 2. The molecule has 1 rings (SSSR count). The Labute approximate surface area is 72.1 Å². The third-order valence-corrected chi connectivity index (χ3v) is 2.02. The number of hydrogen-bond donors (Lipinski definition) is 0. The number of Topliss-reactive ketones (excluding diaryl/α,β-unsaturated/α-hetero) is 1. The maximum atomic E-state index is 10.8. The van der Waals surface area contributed by atoms with Gasteiger partial charge in [0.1, 0.15) is 11.9 Å². The van der Waals surface area contributed by atoms with Gasteiger partial charge in [-0.1, -0.05) is 0 Å². The summed E-state index contributed by atoms with van der Waals surface area (Å²) in [6.45, 7) is 1.56. The van der Waals surface area contributed by atoms with Crippen molar-refractivity contribution in [1.29, 1.82) is 0 Å². The molecule has 68 valence electrons. The summed E-state index contributed by atoms with van der Waals surface area (Å²) in [5.74, 6) is 0.0476. The molecule has 0 aliphatic carbocycles. The van der Waals surface area contributed by atoms with Gasteiger partial charge < -0.3 is 9.53 Å². The van der Waals surface area contributed by atoms with Gasteiger partial charge in [-0.3, -0.25) is 4.79 Å². The van der Waals surface area contributed by atoms with Crippen molar-refractivity contribution in [2.75, 3.05) is 0 Å². The summed E-state index contributed by atoms with van der Waals surface area (Å²) in [5.41, 5.74) is 0. The van der Waals surface area contributed by atoms with E-state index in [-0.39, 0.29) is 17.9 Å². The smallest absolute Gasteiger partial charge is 0.306 e. The fourth-order valence-electron chi connectivity index (χ4n) is 1.35. The van der Waals surface area contributed by atoms with E-state index in [2.05, 4.69) is 0 Å². The third-order valence-electron chi connectivity index (χ3n) is 2.02. The van der Waals surface area contributed by atoms with Gasteiger partial charge in [-0.05, 0) is 26.2 Å². The van der Waals surface area contributed by atoms with Crippen LogP contribution in [0.3, 0.4) is 0 Å².